The molecule has 0 aliphatic carbocycles. The Morgan fingerprint density at radius 2 is 2.10 bits per heavy atom. The lowest BCUT2D eigenvalue weighted by Gasteiger charge is -2.19. The third-order valence-corrected chi connectivity index (χ3v) is 4.54. The summed E-state index contributed by atoms with van der Waals surface area (Å²) < 4.78 is 0. The van der Waals surface area contributed by atoms with E-state index in [9.17, 15) is 0 Å². The van der Waals surface area contributed by atoms with Crippen LogP contribution in [-0.4, -0.2) is 17.0 Å². The maximum Gasteiger partial charge on any atom is 0.129 e. The van der Waals surface area contributed by atoms with Gasteiger partial charge in [-0.25, -0.2) is 9.97 Å². The number of aromatic nitrogens is 2. The fraction of sp³-hybridized carbons (Fsp3) is 0.250. The Morgan fingerprint density at radius 3 is 2.81 bits per heavy atom. The summed E-state index contributed by atoms with van der Waals surface area (Å²) in [6, 6.07) is 10.2. The number of hydrogen-bond donors (Lipinski definition) is 1. The Morgan fingerprint density at radius 1 is 1.29 bits per heavy atom. The predicted octanol–water partition coefficient (Wildman–Crippen LogP) is 3.09. The van der Waals surface area contributed by atoms with E-state index >= 15 is 0 Å². The summed E-state index contributed by atoms with van der Waals surface area (Å²) in [6.07, 6.45) is 0. The van der Waals surface area contributed by atoms with Crippen molar-refractivity contribution >= 4 is 28.1 Å². The average molecular weight is 298 g/mol. The number of nitrogens with zero attached hydrogens (tertiary/aromatic N) is 3. The molecule has 2 heterocycles. The maximum absolute atomic E-state index is 5.89. The van der Waals surface area contributed by atoms with Gasteiger partial charge in [0.25, 0.3) is 0 Å². The molecule has 3 rings (SSSR count). The van der Waals surface area contributed by atoms with Crippen LogP contribution in [0.5, 0.6) is 0 Å². The van der Waals surface area contributed by atoms with Gasteiger partial charge in [0.2, 0.25) is 0 Å². The summed E-state index contributed by atoms with van der Waals surface area (Å²) in [7, 11) is 2.05. The van der Waals surface area contributed by atoms with Gasteiger partial charge in [0.15, 0.2) is 0 Å². The predicted molar refractivity (Wildman–Crippen MR) is 88.6 cm³/mol. The molecule has 0 aliphatic rings. The van der Waals surface area contributed by atoms with Gasteiger partial charge in [-0.1, -0.05) is 18.2 Å². The van der Waals surface area contributed by atoms with Gasteiger partial charge in [-0.05, 0) is 24.6 Å². The fourth-order valence-electron chi connectivity index (χ4n) is 2.37. The van der Waals surface area contributed by atoms with Gasteiger partial charge in [0, 0.05) is 23.9 Å². The molecule has 2 N–H and O–H groups in total. The molecule has 2 aromatic heterocycles. The lowest BCUT2D eigenvalue weighted by atomic mass is 10.1. The number of para-hydroxylation sites is 1. The Kier molecular flexibility index (Phi) is 3.86. The lowest BCUT2D eigenvalue weighted by molar-refractivity contribution is 0.902. The molecular weight excluding hydrogens is 280 g/mol. The van der Waals surface area contributed by atoms with E-state index in [4.69, 9.17) is 10.7 Å². The van der Waals surface area contributed by atoms with Crippen molar-refractivity contribution in [2.24, 2.45) is 5.73 Å². The number of fused-ring (bicyclic) bond motifs is 1. The number of nitrogens with two attached hydrogens (primary N) is 1. The zero-order chi connectivity index (χ0) is 14.8. The van der Waals surface area contributed by atoms with Gasteiger partial charge in [0.05, 0.1) is 23.3 Å². The van der Waals surface area contributed by atoms with Crippen LogP contribution < -0.4 is 10.6 Å². The third kappa shape index (κ3) is 2.75. The normalized spacial score (nSPS) is 11.0. The Hall–Kier alpha value is -1.98. The third-order valence-electron chi connectivity index (χ3n) is 3.62. The number of pyridine rings is 1. The minimum atomic E-state index is 0.517. The van der Waals surface area contributed by atoms with E-state index < -0.39 is 0 Å². The second-order valence-electron chi connectivity index (χ2n) is 5.08. The topological polar surface area (TPSA) is 55.0 Å². The van der Waals surface area contributed by atoms with Crippen molar-refractivity contribution in [3.05, 3.63) is 52.0 Å². The van der Waals surface area contributed by atoms with Gasteiger partial charge < -0.3 is 10.6 Å². The van der Waals surface area contributed by atoms with Crippen LogP contribution in [0.4, 0.5) is 5.82 Å². The first-order chi connectivity index (χ1) is 10.2. The van der Waals surface area contributed by atoms with E-state index in [1.807, 2.05) is 30.6 Å². The molecule has 5 heteroatoms. The minimum absolute atomic E-state index is 0.517. The number of thiazole rings is 1. The van der Waals surface area contributed by atoms with Gasteiger partial charge >= 0.3 is 0 Å². The summed E-state index contributed by atoms with van der Waals surface area (Å²) in [4.78, 5) is 12.5. The monoisotopic (exact) mass is 298 g/mol. The standard InChI is InChI=1S/C16H18N4S/c1-11-15(21-10-18-11)9-20(2)16-7-12(8-17)13-5-3-4-6-14(13)19-16/h3-7,10H,8-9,17H2,1-2H3. The molecule has 1 aromatic carbocycles. The van der Waals surface area contributed by atoms with Gasteiger partial charge in [0.1, 0.15) is 5.82 Å². The maximum atomic E-state index is 5.89. The molecule has 0 saturated heterocycles. The molecular formula is C16H18N4S. The van der Waals surface area contributed by atoms with Crippen LogP contribution in [-0.2, 0) is 13.1 Å². The molecule has 0 saturated carbocycles. The molecule has 0 aliphatic heterocycles. The average Bonchev–Trinajstić information content (AvgIpc) is 2.91. The molecule has 0 spiro atoms. The minimum Gasteiger partial charge on any atom is -0.354 e. The molecule has 4 nitrogen and oxygen atoms in total. The first-order valence-electron chi connectivity index (χ1n) is 6.88. The van der Waals surface area contributed by atoms with Crippen molar-refractivity contribution in [3.8, 4) is 0 Å². The molecule has 0 amide bonds. The van der Waals surface area contributed by atoms with Crippen molar-refractivity contribution in [1.82, 2.24) is 9.97 Å². The molecule has 0 atom stereocenters. The SMILES string of the molecule is Cc1ncsc1CN(C)c1cc(CN)c2ccccc2n1. The van der Waals surface area contributed by atoms with E-state index in [0.717, 1.165) is 34.5 Å². The number of hydrogen-bond acceptors (Lipinski definition) is 5. The van der Waals surface area contributed by atoms with Gasteiger partial charge in [-0.3, -0.25) is 0 Å². The summed E-state index contributed by atoms with van der Waals surface area (Å²) in [6.45, 7) is 3.37. The van der Waals surface area contributed by atoms with E-state index in [1.54, 1.807) is 11.3 Å². The fourth-order valence-corrected chi connectivity index (χ4v) is 3.20. The highest BCUT2D eigenvalue weighted by molar-refractivity contribution is 7.09. The Labute approximate surface area is 128 Å². The number of aryl methyl sites for hydroxylation is 1. The number of anilines is 1. The van der Waals surface area contributed by atoms with Crippen molar-refractivity contribution in [3.63, 3.8) is 0 Å². The molecule has 3 aromatic rings. The van der Waals surface area contributed by atoms with Crippen molar-refractivity contribution < 1.29 is 0 Å². The van der Waals surface area contributed by atoms with Crippen LogP contribution in [0.25, 0.3) is 10.9 Å². The summed E-state index contributed by atoms with van der Waals surface area (Å²) >= 11 is 1.68. The van der Waals surface area contributed by atoms with Crippen molar-refractivity contribution in [2.45, 2.75) is 20.0 Å². The van der Waals surface area contributed by atoms with Crippen LogP contribution in [0.1, 0.15) is 16.1 Å². The van der Waals surface area contributed by atoms with E-state index in [1.165, 1.54) is 4.88 Å². The highest BCUT2D eigenvalue weighted by atomic mass is 32.1. The highest BCUT2D eigenvalue weighted by Gasteiger charge is 2.10. The van der Waals surface area contributed by atoms with Crippen LogP contribution >= 0.6 is 11.3 Å². The quantitative estimate of drug-likeness (QED) is 0.804. The molecule has 0 fully saturated rings. The van der Waals surface area contributed by atoms with Crippen molar-refractivity contribution in [1.29, 1.82) is 0 Å². The molecule has 0 bridgehead atoms. The Balaban J connectivity index is 1.98. The van der Waals surface area contributed by atoms with Crippen LogP contribution in [0.3, 0.4) is 0 Å². The van der Waals surface area contributed by atoms with E-state index in [0.29, 0.717) is 6.54 Å². The highest BCUT2D eigenvalue weighted by Crippen LogP contribution is 2.24. The zero-order valence-corrected chi connectivity index (χ0v) is 13.0. The molecule has 21 heavy (non-hydrogen) atoms. The summed E-state index contributed by atoms with van der Waals surface area (Å²) in [5, 5.41) is 1.13. The second-order valence-corrected chi connectivity index (χ2v) is 6.02. The molecule has 0 radical (unpaired) electrons. The second kappa shape index (κ2) is 5.79. The first-order valence-corrected chi connectivity index (χ1v) is 7.76. The van der Waals surface area contributed by atoms with Crippen LogP contribution in [0.2, 0.25) is 0 Å². The molecule has 0 unspecified atom stereocenters. The van der Waals surface area contributed by atoms with Crippen LogP contribution in [0, 0.1) is 6.92 Å². The zero-order valence-electron chi connectivity index (χ0n) is 12.2. The number of benzene rings is 1. The number of rotatable bonds is 4. The lowest BCUT2D eigenvalue weighted by Crippen LogP contribution is -2.18. The smallest absolute Gasteiger partial charge is 0.129 e. The van der Waals surface area contributed by atoms with E-state index in [2.05, 4.69) is 29.1 Å². The van der Waals surface area contributed by atoms with E-state index in [-0.39, 0.29) is 0 Å². The summed E-state index contributed by atoms with van der Waals surface area (Å²) in [5.41, 5.74) is 11.0. The van der Waals surface area contributed by atoms with Gasteiger partial charge in [-0.2, -0.15) is 0 Å². The van der Waals surface area contributed by atoms with Crippen LogP contribution in [0.15, 0.2) is 35.8 Å². The first kappa shape index (κ1) is 14.0. The molecule has 108 valence electrons. The summed E-state index contributed by atoms with van der Waals surface area (Å²) in [5.74, 6) is 0.946. The largest absolute Gasteiger partial charge is 0.354 e. The Bertz CT molecular complexity index is 766. The van der Waals surface area contributed by atoms with Gasteiger partial charge in [-0.15, -0.1) is 11.3 Å². The van der Waals surface area contributed by atoms with Crippen molar-refractivity contribution in [2.75, 3.05) is 11.9 Å².